The van der Waals surface area contributed by atoms with Gasteiger partial charge in [-0.3, -0.25) is 0 Å². The summed E-state index contributed by atoms with van der Waals surface area (Å²) in [5.41, 5.74) is 0. The molecule has 6 nitrogen and oxygen atoms in total. The minimum Gasteiger partial charge on any atom is -0.307 e. The molecule has 0 aliphatic heterocycles. The highest BCUT2D eigenvalue weighted by molar-refractivity contribution is 7.45. The average molecular weight is 186 g/mol. The Morgan fingerprint density at radius 2 is 1.18 bits per heavy atom. The van der Waals surface area contributed by atoms with Gasteiger partial charge in [-0.15, -0.1) is 0 Å². The predicted octanol–water partition coefficient (Wildman–Crippen LogP) is -0.518. The number of Topliss-reactive ketones (excluding diaryl/α,β-unsaturated/α-hetero) is 1. The van der Waals surface area contributed by atoms with Crippen molar-refractivity contribution in [2.24, 2.45) is 0 Å². The van der Waals surface area contributed by atoms with Crippen molar-refractivity contribution in [1.82, 2.24) is 0 Å². The molecule has 0 aliphatic rings. The number of ketones is 1. The molecule has 68 valence electrons. The van der Waals surface area contributed by atoms with Crippen molar-refractivity contribution in [2.45, 2.75) is 13.8 Å². The first-order valence-electron chi connectivity index (χ1n) is 2.28. The second-order valence-electron chi connectivity index (χ2n) is 1.42. The first-order chi connectivity index (χ1) is 4.73. The van der Waals surface area contributed by atoms with Gasteiger partial charge in [0.15, 0.2) is 0 Å². The van der Waals surface area contributed by atoms with E-state index in [-0.39, 0.29) is 5.78 Å². The number of rotatable bonds is 0. The largest absolute Gasteiger partial charge is 0.466 e. The fourth-order valence-electron chi connectivity index (χ4n) is 0. The molecular formula is C4H11O6P. The van der Waals surface area contributed by atoms with Crippen molar-refractivity contribution in [3.63, 3.8) is 0 Å². The van der Waals surface area contributed by atoms with Crippen LogP contribution in [0.25, 0.3) is 0 Å². The van der Waals surface area contributed by atoms with Crippen LogP contribution in [0.1, 0.15) is 13.8 Å². The Hall–Kier alpha value is -0.550. The minimum atomic E-state index is -4.64. The highest BCUT2D eigenvalue weighted by atomic mass is 31.2. The Kier molecular flexibility index (Phi) is 14.4. The molecule has 0 aromatic carbocycles. The van der Waals surface area contributed by atoms with Crippen LogP contribution in [0, 0.1) is 0 Å². The van der Waals surface area contributed by atoms with E-state index in [2.05, 4.69) is 0 Å². The van der Waals surface area contributed by atoms with E-state index < -0.39 is 7.82 Å². The van der Waals surface area contributed by atoms with Gasteiger partial charge in [-0.05, 0) is 13.8 Å². The molecule has 0 radical (unpaired) electrons. The van der Waals surface area contributed by atoms with E-state index in [4.69, 9.17) is 24.0 Å². The second-order valence-corrected chi connectivity index (χ2v) is 2.45. The third-order valence-corrected chi connectivity index (χ3v) is 0. The molecule has 0 amide bonds. The summed E-state index contributed by atoms with van der Waals surface area (Å²) >= 11 is 0. The molecule has 0 aromatic heterocycles. The van der Waals surface area contributed by atoms with Crippen molar-refractivity contribution in [3.05, 3.63) is 0 Å². The highest BCUT2D eigenvalue weighted by Gasteiger charge is 2.00. The summed E-state index contributed by atoms with van der Waals surface area (Å²) in [6, 6.07) is 0. The topological polar surface area (TPSA) is 112 Å². The fraction of sp³-hybridized carbons (Fsp3) is 0.500. The van der Waals surface area contributed by atoms with E-state index >= 15 is 0 Å². The monoisotopic (exact) mass is 186 g/mol. The van der Waals surface area contributed by atoms with Crippen LogP contribution < -0.4 is 0 Å². The summed E-state index contributed by atoms with van der Waals surface area (Å²) in [7, 11) is -4.64. The molecule has 0 unspecified atom stereocenters. The molecule has 11 heavy (non-hydrogen) atoms. The lowest BCUT2D eigenvalue weighted by Gasteiger charge is -1.82. The van der Waals surface area contributed by atoms with Gasteiger partial charge in [-0.1, -0.05) is 0 Å². The summed E-state index contributed by atoms with van der Waals surface area (Å²) in [5, 5.41) is 0. The average Bonchev–Trinajstić information content (AvgIpc) is 1.63. The summed E-state index contributed by atoms with van der Waals surface area (Å²) < 4.78 is 8.88. The molecule has 0 atom stereocenters. The van der Waals surface area contributed by atoms with E-state index in [1.165, 1.54) is 13.8 Å². The van der Waals surface area contributed by atoms with Crippen LogP contribution in [0.4, 0.5) is 0 Å². The standard InChI is InChI=1S/C3H6O.CH2O.H3O4P/c1-3(2)4;1-2;1-5(2,3)4/h1-2H3;1H2;(H3,1,2,3,4). The smallest absolute Gasteiger partial charge is 0.307 e. The van der Waals surface area contributed by atoms with Crippen molar-refractivity contribution in [3.8, 4) is 0 Å². The maximum absolute atomic E-state index is 9.44. The minimum absolute atomic E-state index is 0.167. The zero-order chi connectivity index (χ0) is 10.1. The fourth-order valence-corrected chi connectivity index (χ4v) is 0. The Bertz CT molecular complexity index is 125. The van der Waals surface area contributed by atoms with E-state index in [1.807, 2.05) is 6.79 Å². The van der Waals surface area contributed by atoms with Crippen LogP contribution in [-0.4, -0.2) is 27.3 Å². The number of hydrogen-bond acceptors (Lipinski definition) is 3. The first-order valence-corrected chi connectivity index (χ1v) is 3.84. The summed E-state index contributed by atoms with van der Waals surface area (Å²) in [5.74, 6) is 0.167. The maximum Gasteiger partial charge on any atom is 0.466 e. The molecule has 3 N–H and O–H groups in total. The van der Waals surface area contributed by atoms with Gasteiger partial charge in [0.2, 0.25) is 0 Å². The van der Waals surface area contributed by atoms with Gasteiger partial charge in [-0.2, -0.15) is 0 Å². The van der Waals surface area contributed by atoms with Crippen molar-refractivity contribution in [1.29, 1.82) is 0 Å². The van der Waals surface area contributed by atoms with Gasteiger partial charge < -0.3 is 24.3 Å². The quantitative estimate of drug-likeness (QED) is 0.439. The van der Waals surface area contributed by atoms with Crippen LogP contribution in [-0.2, 0) is 14.2 Å². The molecule has 0 heterocycles. The molecule has 0 aromatic rings. The van der Waals surface area contributed by atoms with Crippen LogP contribution >= 0.6 is 7.82 Å². The number of carbonyl (C=O) groups is 2. The molecule has 0 saturated heterocycles. The molecule has 0 rings (SSSR count). The van der Waals surface area contributed by atoms with E-state index in [0.29, 0.717) is 0 Å². The zero-order valence-electron chi connectivity index (χ0n) is 6.22. The lowest BCUT2D eigenvalue weighted by atomic mass is 10.6. The van der Waals surface area contributed by atoms with Crippen LogP contribution in [0.5, 0.6) is 0 Å². The van der Waals surface area contributed by atoms with Crippen LogP contribution in [0.3, 0.4) is 0 Å². The van der Waals surface area contributed by atoms with E-state index in [1.54, 1.807) is 0 Å². The molecule has 0 spiro atoms. The first kappa shape index (κ1) is 16.8. The lowest BCUT2D eigenvalue weighted by molar-refractivity contribution is -0.115. The predicted molar refractivity (Wildman–Crippen MR) is 37.7 cm³/mol. The molecule has 0 fully saturated rings. The molecule has 7 heteroatoms. The van der Waals surface area contributed by atoms with Crippen LogP contribution in [0.15, 0.2) is 0 Å². The lowest BCUT2D eigenvalue weighted by Crippen LogP contribution is -1.69. The maximum atomic E-state index is 9.44. The molecular weight excluding hydrogens is 175 g/mol. The van der Waals surface area contributed by atoms with Gasteiger partial charge >= 0.3 is 7.82 Å². The SMILES string of the molecule is C=O.CC(C)=O.O=P(O)(O)O. The second kappa shape index (κ2) is 9.45. The summed E-state index contributed by atoms with van der Waals surface area (Å²) in [6.45, 7) is 5.06. The highest BCUT2D eigenvalue weighted by Crippen LogP contribution is 2.25. The number of phosphoric acid groups is 1. The third kappa shape index (κ3) is 1730. The number of hydrogen-bond donors (Lipinski definition) is 3. The van der Waals surface area contributed by atoms with Gasteiger partial charge in [0.25, 0.3) is 0 Å². The van der Waals surface area contributed by atoms with Gasteiger partial charge in [0.1, 0.15) is 12.6 Å². The van der Waals surface area contributed by atoms with Gasteiger partial charge in [0, 0.05) is 0 Å². The van der Waals surface area contributed by atoms with Crippen molar-refractivity contribution in [2.75, 3.05) is 0 Å². The molecule has 0 bridgehead atoms. The zero-order valence-corrected chi connectivity index (χ0v) is 7.12. The Morgan fingerprint density at radius 3 is 1.18 bits per heavy atom. The number of carbonyl (C=O) groups excluding carboxylic acids is 2. The molecule has 0 saturated carbocycles. The van der Waals surface area contributed by atoms with E-state index in [0.717, 1.165) is 0 Å². The summed E-state index contributed by atoms with van der Waals surface area (Å²) in [6.07, 6.45) is 0. The van der Waals surface area contributed by atoms with Gasteiger partial charge in [-0.25, -0.2) is 4.57 Å². The van der Waals surface area contributed by atoms with Crippen molar-refractivity contribution < 1.29 is 28.8 Å². The van der Waals surface area contributed by atoms with Crippen LogP contribution in [0.2, 0.25) is 0 Å². The molecule has 0 aliphatic carbocycles. The van der Waals surface area contributed by atoms with Crippen molar-refractivity contribution >= 4 is 20.4 Å². The normalized spacial score (nSPS) is 8.09. The Morgan fingerprint density at radius 1 is 1.18 bits per heavy atom. The summed E-state index contributed by atoms with van der Waals surface area (Å²) in [4.78, 5) is 39.0. The van der Waals surface area contributed by atoms with Gasteiger partial charge in [0.05, 0.1) is 0 Å². The Balaban J connectivity index is -0.0000000965. The Labute approximate surface area is 64.1 Å². The third-order valence-electron chi connectivity index (χ3n) is 0. The van der Waals surface area contributed by atoms with E-state index in [9.17, 15) is 4.79 Å².